The molecule has 5 nitrogen and oxygen atoms in total. The van der Waals surface area contributed by atoms with Crippen LogP contribution in [0.5, 0.6) is 5.75 Å². The predicted molar refractivity (Wildman–Crippen MR) is 64.5 cm³/mol. The van der Waals surface area contributed by atoms with Crippen LogP contribution in [-0.2, 0) is 20.1 Å². The number of rotatable bonds is 5. The Kier molecular flexibility index (Phi) is 3.88. The highest BCUT2D eigenvalue weighted by molar-refractivity contribution is 5.30. The maximum absolute atomic E-state index is 13.8. The molecule has 18 heavy (non-hydrogen) atoms. The molecule has 0 saturated carbocycles. The largest absolute Gasteiger partial charge is 0.494 e. The summed E-state index contributed by atoms with van der Waals surface area (Å²) in [5.41, 5.74) is 0.560. The van der Waals surface area contributed by atoms with Gasteiger partial charge in [0.05, 0.1) is 13.7 Å². The first-order valence-electron chi connectivity index (χ1n) is 5.57. The summed E-state index contributed by atoms with van der Waals surface area (Å²) >= 11 is 0. The third kappa shape index (κ3) is 2.84. The van der Waals surface area contributed by atoms with Gasteiger partial charge in [-0.3, -0.25) is 4.68 Å². The van der Waals surface area contributed by atoms with E-state index in [1.54, 1.807) is 36.3 Å². The minimum absolute atomic E-state index is 0.255. The van der Waals surface area contributed by atoms with Crippen LogP contribution in [0.4, 0.5) is 4.39 Å². The monoisotopic (exact) mass is 250 g/mol. The molecule has 1 aromatic heterocycles. The molecule has 0 fully saturated rings. The molecular formula is C12H15FN4O. The molecule has 0 unspecified atom stereocenters. The number of nitrogens with zero attached hydrogens (tertiary/aromatic N) is 3. The second kappa shape index (κ2) is 5.59. The van der Waals surface area contributed by atoms with Crippen molar-refractivity contribution in [1.82, 2.24) is 20.1 Å². The number of halogens is 1. The first-order chi connectivity index (χ1) is 8.70. The van der Waals surface area contributed by atoms with E-state index < -0.39 is 0 Å². The summed E-state index contributed by atoms with van der Waals surface area (Å²) in [7, 11) is 3.26. The van der Waals surface area contributed by atoms with Crippen molar-refractivity contribution in [3.63, 3.8) is 0 Å². The van der Waals surface area contributed by atoms with Crippen molar-refractivity contribution in [3.8, 4) is 5.75 Å². The third-order valence-corrected chi connectivity index (χ3v) is 2.51. The van der Waals surface area contributed by atoms with Crippen molar-refractivity contribution in [2.24, 2.45) is 7.05 Å². The highest BCUT2D eigenvalue weighted by Gasteiger charge is 2.08. The predicted octanol–water partition coefficient (Wildman–Crippen LogP) is 1.25. The quantitative estimate of drug-likeness (QED) is 0.867. The summed E-state index contributed by atoms with van der Waals surface area (Å²) in [6, 6.07) is 5.08. The van der Waals surface area contributed by atoms with E-state index in [0.29, 0.717) is 24.5 Å². The van der Waals surface area contributed by atoms with Crippen LogP contribution in [0.25, 0.3) is 0 Å². The van der Waals surface area contributed by atoms with Gasteiger partial charge >= 0.3 is 0 Å². The Morgan fingerprint density at radius 2 is 2.22 bits per heavy atom. The van der Waals surface area contributed by atoms with Gasteiger partial charge in [0, 0.05) is 19.2 Å². The first kappa shape index (κ1) is 12.5. The van der Waals surface area contributed by atoms with E-state index in [1.807, 2.05) is 0 Å². The van der Waals surface area contributed by atoms with Crippen molar-refractivity contribution in [3.05, 3.63) is 41.7 Å². The Bertz CT molecular complexity index is 527. The Hall–Kier alpha value is -1.95. The molecule has 1 heterocycles. The summed E-state index contributed by atoms with van der Waals surface area (Å²) in [4.78, 5) is 4.07. The molecule has 0 spiro atoms. The fourth-order valence-corrected chi connectivity index (χ4v) is 1.62. The number of ether oxygens (including phenoxy) is 1. The smallest absolute Gasteiger partial charge is 0.169 e. The van der Waals surface area contributed by atoms with Crippen molar-refractivity contribution in [2.45, 2.75) is 13.1 Å². The fourth-order valence-electron chi connectivity index (χ4n) is 1.62. The lowest BCUT2D eigenvalue weighted by Crippen LogP contribution is -2.15. The number of hydrogen-bond donors (Lipinski definition) is 1. The van der Waals surface area contributed by atoms with Gasteiger partial charge in [-0.15, -0.1) is 0 Å². The Labute approximate surface area is 105 Å². The summed E-state index contributed by atoms with van der Waals surface area (Å²) < 4.78 is 20.4. The fraction of sp³-hybridized carbons (Fsp3) is 0.333. The molecule has 6 heteroatoms. The van der Waals surface area contributed by atoms with E-state index >= 15 is 0 Å². The van der Waals surface area contributed by atoms with E-state index in [2.05, 4.69) is 15.4 Å². The zero-order valence-electron chi connectivity index (χ0n) is 10.4. The molecule has 1 aromatic carbocycles. The molecule has 0 aliphatic carbocycles. The normalized spacial score (nSPS) is 10.6. The molecule has 0 bridgehead atoms. The Morgan fingerprint density at radius 3 is 2.89 bits per heavy atom. The van der Waals surface area contributed by atoms with E-state index in [-0.39, 0.29) is 11.6 Å². The van der Waals surface area contributed by atoms with Crippen LogP contribution in [0.15, 0.2) is 24.5 Å². The van der Waals surface area contributed by atoms with Crippen LogP contribution in [0.1, 0.15) is 11.4 Å². The van der Waals surface area contributed by atoms with Crippen molar-refractivity contribution >= 4 is 0 Å². The molecule has 0 radical (unpaired) electrons. The average Bonchev–Trinajstić information content (AvgIpc) is 2.77. The number of nitrogens with one attached hydrogen (secondary N) is 1. The third-order valence-electron chi connectivity index (χ3n) is 2.51. The number of methoxy groups -OCH3 is 1. The second-order valence-corrected chi connectivity index (χ2v) is 3.87. The van der Waals surface area contributed by atoms with Crippen LogP contribution in [0.2, 0.25) is 0 Å². The zero-order chi connectivity index (χ0) is 13.0. The van der Waals surface area contributed by atoms with Gasteiger partial charge in [0.1, 0.15) is 6.33 Å². The van der Waals surface area contributed by atoms with Crippen molar-refractivity contribution < 1.29 is 9.13 Å². The van der Waals surface area contributed by atoms with Gasteiger partial charge < -0.3 is 10.1 Å². The summed E-state index contributed by atoms with van der Waals surface area (Å²) in [6.45, 7) is 0.902. The van der Waals surface area contributed by atoms with Crippen LogP contribution < -0.4 is 10.1 Å². The standard InChI is InChI=1S/C12H15FN4O/c1-17-8-15-11(16-17)7-14-6-9-4-3-5-10(18-2)12(9)13/h3-5,8,14H,6-7H2,1-2H3. The highest BCUT2D eigenvalue weighted by Crippen LogP contribution is 2.19. The van der Waals surface area contributed by atoms with E-state index in [4.69, 9.17) is 4.74 Å². The summed E-state index contributed by atoms with van der Waals surface area (Å²) in [6.07, 6.45) is 1.63. The summed E-state index contributed by atoms with van der Waals surface area (Å²) in [5, 5.41) is 7.21. The molecule has 2 aromatic rings. The van der Waals surface area contributed by atoms with Gasteiger partial charge in [0.2, 0.25) is 0 Å². The highest BCUT2D eigenvalue weighted by atomic mass is 19.1. The zero-order valence-corrected chi connectivity index (χ0v) is 10.4. The molecule has 0 amide bonds. The molecule has 96 valence electrons. The summed E-state index contributed by atoms with van der Waals surface area (Å²) in [5.74, 6) is 0.604. The molecule has 2 rings (SSSR count). The number of aromatic nitrogens is 3. The van der Waals surface area contributed by atoms with Crippen molar-refractivity contribution in [2.75, 3.05) is 7.11 Å². The molecule has 0 atom stereocenters. The number of benzene rings is 1. The number of hydrogen-bond acceptors (Lipinski definition) is 4. The second-order valence-electron chi connectivity index (χ2n) is 3.87. The van der Waals surface area contributed by atoms with Crippen LogP contribution in [0.3, 0.4) is 0 Å². The minimum Gasteiger partial charge on any atom is -0.494 e. The van der Waals surface area contributed by atoms with Gasteiger partial charge in [-0.25, -0.2) is 9.37 Å². The van der Waals surface area contributed by atoms with Gasteiger partial charge in [0.15, 0.2) is 17.4 Å². The number of aryl methyl sites for hydroxylation is 1. The molecule has 0 saturated heterocycles. The lowest BCUT2D eigenvalue weighted by molar-refractivity contribution is 0.383. The van der Waals surface area contributed by atoms with Gasteiger partial charge in [-0.1, -0.05) is 12.1 Å². The van der Waals surface area contributed by atoms with Crippen LogP contribution in [-0.4, -0.2) is 21.9 Å². The van der Waals surface area contributed by atoms with Crippen LogP contribution >= 0.6 is 0 Å². The Morgan fingerprint density at radius 1 is 1.39 bits per heavy atom. The topological polar surface area (TPSA) is 52.0 Å². The first-order valence-corrected chi connectivity index (χ1v) is 5.57. The van der Waals surface area contributed by atoms with Gasteiger partial charge in [-0.2, -0.15) is 5.10 Å². The van der Waals surface area contributed by atoms with E-state index in [0.717, 1.165) is 0 Å². The lowest BCUT2D eigenvalue weighted by Gasteiger charge is -2.07. The van der Waals surface area contributed by atoms with Crippen molar-refractivity contribution in [1.29, 1.82) is 0 Å². The maximum atomic E-state index is 13.8. The molecule has 0 aliphatic rings. The molecule has 0 aliphatic heterocycles. The minimum atomic E-state index is -0.332. The average molecular weight is 250 g/mol. The molecular weight excluding hydrogens is 235 g/mol. The van der Waals surface area contributed by atoms with E-state index in [9.17, 15) is 4.39 Å². The Balaban J connectivity index is 1.94. The van der Waals surface area contributed by atoms with Crippen LogP contribution in [0, 0.1) is 5.82 Å². The SMILES string of the molecule is COc1cccc(CNCc2ncn(C)n2)c1F. The lowest BCUT2D eigenvalue weighted by atomic mass is 10.2. The van der Waals surface area contributed by atoms with E-state index in [1.165, 1.54) is 7.11 Å². The molecule has 1 N–H and O–H groups in total. The van der Waals surface area contributed by atoms with Gasteiger partial charge in [0.25, 0.3) is 0 Å². The van der Waals surface area contributed by atoms with Gasteiger partial charge in [-0.05, 0) is 6.07 Å². The maximum Gasteiger partial charge on any atom is 0.169 e.